The molecule has 17 heavy (non-hydrogen) atoms. The van der Waals surface area contributed by atoms with Crippen LogP contribution < -0.4 is 15.8 Å². The Balaban J connectivity index is 2.68. The number of nitrogens with one attached hydrogen (secondary N) is 1. The number of hydrogen-bond donors (Lipinski definition) is 2. The first-order chi connectivity index (χ1) is 7.94. The maximum absolute atomic E-state index is 10.9. The SMILES string of the molecule is CCOc1ncnc(NCCS(C)(=O)=O)c1N. The number of hydrogen-bond acceptors (Lipinski definition) is 7. The van der Waals surface area contributed by atoms with Crippen LogP contribution in [0.1, 0.15) is 6.92 Å². The standard InChI is InChI=1S/C9H16N4O3S/c1-3-16-9-7(10)8(12-6-13-9)11-4-5-17(2,14)15/h6H,3-5,10H2,1-2H3,(H,11,12,13). The van der Waals surface area contributed by atoms with Gasteiger partial charge in [0.1, 0.15) is 21.9 Å². The van der Waals surface area contributed by atoms with E-state index in [1.54, 1.807) is 0 Å². The van der Waals surface area contributed by atoms with Crippen LogP contribution in [0.2, 0.25) is 0 Å². The summed E-state index contributed by atoms with van der Waals surface area (Å²) in [4.78, 5) is 7.79. The molecule has 1 aromatic heterocycles. The van der Waals surface area contributed by atoms with Gasteiger partial charge in [-0.15, -0.1) is 0 Å². The molecule has 1 heterocycles. The van der Waals surface area contributed by atoms with Gasteiger partial charge in [0.15, 0.2) is 5.82 Å². The van der Waals surface area contributed by atoms with Gasteiger partial charge < -0.3 is 15.8 Å². The number of nitrogens with two attached hydrogens (primary N) is 1. The average Bonchev–Trinajstić information content (AvgIpc) is 2.22. The van der Waals surface area contributed by atoms with Crippen molar-refractivity contribution in [2.75, 3.05) is 36.2 Å². The van der Waals surface area contributed by atoms with E-state index in [2.05, 4.69) is 15.3 Å². The van der Waals surface area contributed by atoms with Crippen molar-refractivity contribution in [1.29, 1.82) is 0 Å². The fourth-order valence-electron chi connectivity index (χ4n) is 1.13. The van der Waals surface area contributed by atoms with E-state index in [9.17, 15) is 8.42 Å². The summed E-state index contributed by atoms with van der Waals surface area (Å²) >= 11 is 0. The van der Waals surface area contributed by atoms with Crippen LogP contribution in [0.3, 0.4) is 0 Å². The Morgan fingerprint density at radius 1 is 1.47 bits per heavy atom. The van der Waals surface area contributed by atoms with Gasteiger partial charge in [-0.1, -0.05) is 0 Å². The molecule has 1 rings (SSSR count). The third-order valence-corrected chi connectivity index (χ3v) is 2.84. The van der Waals surface area contributed by atoms with E-state index in [-0.39, 0.29) is 18.0 Å². The van der Waals surface area contributed by atoms with Crippen LogP contribution >= 0.6 is 0 Å². The van der Waals surface area contributed by atoms with Gasteiger partial charge in [-0.25, -0.2) is 13.4 Å². The molecule has 0 aliphatic heterocycles. The van der Waals surface area contributed by atoms with Crippen molar-refractivity contribution in [1.82, 2.24) is 9.97 Å². The number of aromatic nitrogens is 2. The molecule has 0 aliphatic carbocycles. The van der Waals surface area contributed by atoms with Crippen LogP contribution in [-0.4, -0.2) is 43.5 Å². The van der Waals surface area contributed by atoms with Crippen molar-refractivity contribution in [2.24, 2.45) is 0 Å². The monoisotopic (exact) mass is 260 g/mol. The van der Waals surface area contributed by atoms with Gasteiger partial charge in [-0.3, -0.25) is 0 Å². The molecule has 0 saturated carbocycles. The molecule has 7 nitrogen and oxygen atoms in total. The first kappa shape index (κ1) is 13.5. The summed E-state index contributed by atoms with van der Waals surface area (Å²) in [5, 5.41) is 2.83. The van der Waals surface area contributed by atoms with Crippen molar-refractivity contribution in [3.63, 3.8) is 0 Å². The lowest BCUT2D eigenvalue weighted by atomic mass is 10.4. The molecule has 0 bridgehead atoms. The van der Waals surface area contributed by atoms with Crippen LogP contribution in [0.4, 0.5) is 11.5 Å². The Bertz CT molecular complexity index is 475. The van der Waals surface area contributed by atoms with Crippen molar-refractivity contribution in [2.45, 2.75) is 6.92 Å². The second kappa shape index (κ2) is 5.67. The molecule has 0 spiro atoms. The Morgan fingerprint density at radius 3 is 2.76 bits per heavy atom. The molecule has 0 radical (unpaired) electrons. The highest BCUT2D eigenvalue weighted by Crippen LogP contribution is 2.23. The van der Waals surface area contributed by atoms with Crippen LogP contribution in [0.5, 0.6) is 5.88 Å². The van der Waals surface area contributed by atoms with Gasteiger partial charge in [-0.05, 0) is 6.92 Å². The molecule has 0 unspecified atom stereocenters. The quantitative estimate of drug-likeness (QED) is 0.736. The van der Waals surface area contributed by atoms with E-state index in [1.165, 1.54) is 12.6 Å². The number of ether oxygens (including phenoxy) is 1. The van der Waals surface area contributed by atoms with Crippen LogP contribution in [0.25, 0.3) is 0 Å². The highest BCUT2D eigenvalue weighted by atomic mass is 32.2. The summed E-state index contributed by atoms with van der Waals surface area (Å²) in [7, 11) is -3.01. The number of anilines is 2. The molecule has 96 valence electrons. The van der Waals surface area contributed by atoms with Gasteiger partial charge in [0.25, 0.3) is 0 Å². The lowest BCUT2D eigenvalue weighted by Crippen LogP contribution is -2.16. The van der Waals surface area contributed by atoms with Crippen molar-refractivity contribution in [3.05, 3.63) is 6.33 Å². The Kier molecular flexibility index (Phi) is 4.50. The molecule has 0 aromatic carbocycles. The van der Waals surface area contributed by atoms with Crippen LogP contribution in [0.15, 0.2) is 6.33 Å². The first-order valence-corrected chi connectivity index (χ1v) is 7.15. The van der Waals surface area contributed by atoms with E-state index < -0.39 is 9.84 Å². The van der Waals surface area contributed by atoms with Gasteiger partial charge in [-0.2, -0.15) is 4.98 Å². The van der Waals surface area contributed by atoms with Crippen molar-refractivity contribution in [3.8, 4) is 5.88 Å². The van der Waals surface area contributed by atoms with Gasteiger partial charge in [0.2, 0.25) is 5.88 Å². The van der Waals surface area contributed by atoms with E-state index in [0.717, 1.165) is 0 Å². The zero-order chi connectivity index (χ0) is 12.9. The molecular formula is C9H16N4O3S. The summed E-state index contributed by atoms with van der Waals surface area (Å²) in [6.07, 6.45) is 2.48. The minimum absolute atomic E-state index is 0.0143. The molecule has 0 amide bonds. The average molecular weight is 260 g/mol. The molecule has 0 fully saturated rings. The summed E-state index contributed by atoms with van der Waals surface area (Å²) in [5.74, 6) is 0.692. The predicted octanol–water partition coefficient (Wildman–Crippen LogP) is -0.0860. The normalized spacial score (nSPS) is 11.2. The van der Waals surface area contributed by atoms with Gasteiger partial charge >= 0.3 is 0 Å². The molecule has 8 heteroatoms. The fourth-order valence-corrected chi connectivity index (χ4v) is 1.60. The first-order valence-electron chi connectivity index (χ1n) is 5.09. The van der Waals surface area contributed by atoms with Crippen LogP contribution in [-0.2, 0) is 9.84 Å². The molecule has 0 aliphatic rings. The zero-order valence-electron chi connectivity index (χ0n) is 9.80. The highest BCUT2D eigenvalue weighted by molar-refractivity contribution is 7.90. The predicted molar refractivity (Wildman–Crippen MR) is 65.8 cm³/mol. The summed E-state index contributed by atoms with van der Waals surface area (Å²) in [6, 6.07) is 0. The third-order valence-electron chi connectivity index (χ3n) is 1.89. The van der Waals surface area contributed by atoms with E-state index in [0.29, 0.717) is 18.3 Å². The van der Waals surface area contributed by atoms with E-state index >= 15 is 0 Å². The van der Waals surface area contributed by atoms with Gasteiger partial charge in [0, 0.05) is 12.8 Å². The van der Waals surface area contributed by atoms with Crippen molar-refractivity contribution >= 4 is 21.3 Å². The van der Waals surface area contributed by atoms with Gasteiger partial charge in [0.05, 0.1) is 12.4 Å². The Labute approximate surface area is 100 Å². The number of nitrogens with zero attached hydrogens (tertiary/aromatic N) is 2. The lowest BCUT2D eigenvalue weighted by Gasteiger charge is -2.10. The largest absolute Gasteiger partial charge is 0.476 e. The highest BCUT2D eigenvalue weighted by Gasteiger charge is 2.09. The summed E-state index contributed by atoms with van der Waals surface area (Å²) in [5.41, 5.74) is 6.04. The topological polar surface area (TPSA) is 107 Å². The number of sulfone groups is 1. The van der Waals surface area contributed by atoms with E-state index in [1.807, 2.05) is 6.92 Å². The Morgan fingerprint density at radius 2 is 2.18 bits per heavy atom. The number of rotatable bonds is 6. The van der Waals surface area contributed by atoms with Crippen LogP contribution in [0, 0.1) is 0 Å². The second-order valence-electron chi connectivity index (χ2n) is 3.43. The molecule has 0 saturated heterocycles. The maximum atomic E-state index is 10.9. The Hall–Kier alpha value is -1.57. The van der Waals surface area contributed by atoms with Crippen molar-refractivity contribution < 1.29 is 13.2 Å². The molecule has 0 atom stereocenters. The smallest absolute Gasteiger partial charge is 0.242 e. The summed E-state index contributed by atoms with van der Waals surface area (Å²) < 4.78 is 27.1. The minimum atomic E-state index is -3.01. The number of nitrogen functional groups attached to an aromatic ring is 1. The third kappa shape index (κ3) is 4.43. The molecule has 1 aromatic rings. The fraction of sp³-hybridized carbons (Fsp3) is 0.556. The minimum Gasteiger partial charge on any atom is -0.476 e. The second-order valence-corrected chi connectivity index (χ2v) is 5.69. The molecular weight excluding hydrogens is 244 g/mol. The summed E-state index contributed by atoms with van der Waals surface area (Å²) in [6.45, 7) is 2.51. The maximum Gasteiger partial charge on any atom is 0.242 e. The zero-order valence-corrected chi connectivity index (χ0v) is 10.6. The molecule has 3 N–H and O–H groups in total. The van der Waals surface area contributed by atoms with E-state index in [4.69, 9.17) is 10.5 Å². The lowest BCUT2D eigenvalue weighted by molar-refractivity contribution is 0.328.